The maximum Gasteiger partial charge on any atom is 0.253 e. The molecule has 0 bridgehead atoms. The summed E-state index contributed by atoms with van der Waals surface area (Å²) in [6, 6.07) is 8.15. The summed E-state index contributed by atoms with van der Waals surface area (Å²) in [5.74, 6) is 0.394. The average molecular weight is 531 g/mol. The SMILES string of the molecule is Cc1cc(C)c(CNC(=O)c2cc(-c3cccnc3)c3c(c2C)OC(C)([C@H]2CC[C@H](N(C)C)CC2)O3)c(=O)[nH]1. The van der Waals surface area contributed by atoms with E-state index in [9.17, 15) is 9.59 Å². The highest BCUT2D eigenvalue weighted by Gasteiger charge is 2.47. The Balaban J connectivity index is 1.47. The van der Waals surface area contributed by atoms with Crippen LogP contribution in [0.5, 0.6) is 11.5 Å². The lowest BCUT2D eigenvalue weighted by Crippen LogP contribution is -2.46. The molecule has 2 aromatic heterocycles. The summed E-state index contributed by atoms with van der Waals surface area (Å²) >= 11 is 0. The van der Waals surface area contributed by atoms with Gasteiger partial charge >= 0.3 is 0 Å². The van der Waals surface area contributed by atoms with E-state index in [0.29, 0.717) is 28.7 Å². The van der Waals surface area contributed by atoms with Gasteiger partial charge in [-0.15, -0.1) is 0 Å². The van der Waals surface area contributed by atoms with Gasteiger partial charge in [-0.3, -0.25) is 14.6 Å². The second kappa shape index (κ2) is 10.5. The highest BCUT2D eigenvalue weighted by Crippen LogP contribution is 2.52. The lowest BCUT2D eigenvalue weighted by molar-refractivity contribution is -0.123. The molecule has 1 aliphatic heterocycles. The predicted octanol–water partition coefficient (Wildman–Crippen LogP) is 4.90. The van der Waals surface area contributed by atoms with Gasteiger partial charge in [0.05, 0.1) is 0 Å². The van der Waals surface area contributed by atoms with Crippen LogP contribution in [0.25, 0.3) is 11.1 Å². The molecule has 2 aliphatic rings. The van der Waals surface area contributed by atoms with E-state index in [1.54, 1.807) is 12.4 Å². The zero-order valence-electron chi connectivity index (χ0n) is 23.7. The number of hydrogen-bond donors (Lipinski definition) is 2. The molecule has 3 heterocycles. The summed E-state index contributed by atoms with van der Waals surface area (Å²) in [4.78, 5) is 35.4. The normalized spacial score (nSPS) is 22.2. The minimum atomic E-state index is -0.817. The van der Waals surface area contributed by atoms with Crippen LogP contribution in [-0.4, -0.2) is 46.7 Å². The van der Waals surface area contributed by atoms with Gasteiger partial charge in [0, 0.05) is 71.3 Å². The minimum absolute atomic E-state index is 0.128. The van der Waals surface area contributed by atoms with E-state index >= 15 is 0 Å². The van der Waals surface area contributed by atoms with Crippen molar-refractivity contribution in [3.05, 3.63) is 75.0 Å². The van der Waals surface area contributed by atoms with Gasteiger partial charge < -0.3 is 24.7 Å². The molecule has 3 aromatic rings. The smallest absolute Gasteiger partial charge is 0.253 e. The summed E-state index contributed by atoms with van der Waals surface area (Å²) in [7, 11) is 4.27. The van der Waals surface area contributed by atoms with Crippen LogP contribution in [0, 0.1) is 26.7 Å². The second-order valence-electron chi connectivity index (χ2n) is 11.3. The Labute approximate surface area is 229 Å². The van der Waals surface area contributed by atoms with E-state index in [1.165, 1.54) is 0 Å². The standard InChI is InChI=1S/C31H38N4O4/c1-18-14-19(2)34-30(37)26(18)17-33-29(36)24-15-25(21-8-7-13-32-16-21)28-27(20(24)3)38-31(4,39-28)22-9-11-23(12-10-22)35(5)6/h7-8,13-16,22-23H,9-12,17H2,1-6H3,(H,33,36)(H,34,37)/t22-,23-,31?. The second-order valence-corrected chi connectivity index (χ2v) is 11.3. The molecule has 1 aromatic carbocycles. The highest BCUT2D eigenvalue weighted by molar-refractivity contribution is 5.99. The quantitative estimate of drug-likeness (QED) is 0.471. The molecule has 1 saturated carbocycles. The Morgan fingerprint density at radius 1 is 1.13 bits per heavy atom. The molecule has 1 amide bonds. The first kappa shape index (κ1) is 26.9. The van der Waals surface area contributed by atoms with Gasteiger partial charge in [-0.1, -0.05) is 6.07 Å². The summed E-state index contributed by atoms with van der Waals surface area (Å²) in [5, 5.41) is 2.95. The number of aromatic nitrogens is 2. The molecular weight excluding hydrogens is 492 g/mol. The molecule has 1 atom stereocenters. The fourth-order valence-corrected chi connectivity index (χ4v) is 6.00. The number of benzene rings is 1. The van der Waals surface area contributed by atoms with Crippen LogP contribution < -0.4 is 20.3 Å². The van der Waals surface area contributed by atoms with Crippen LogP contribution in [0.4, 0.5) is 0 Å². The molecular formula is C31H38N4O4. The third-order valence-corrected chi connectivity index (χ3v) is 8.40. The molecule has 1 aliphatic carbocycles. The number of carbonyl (C=O) groups excluding carboxylic acids is 1. The number of fused-ring (bicyclic) bond motifs is 1. The summed E-state index contributed by atoms with van der Waals surface area (Å²) in [6.07, 6.45) is 7.69. The minimum Gasteiger partial charge on any atom is -0.448 e. The molecule has 2 N–H and O–H groups in total. The zero-order chi connectivity index (χ0) is 27.9. The third-order valence-electron chi connectivity index (χ3n) is 8.40. The Hall–Kier alpha value is -3.65. The van der Waals surface area contributed by atoms with E-state index in [-0.39, 0.29) is 23.9 Å². The van der Waals surface area contributed by atoms with Gasteiger partial charge in [-0.05, 0) is 84.3 Å². The van der Waals surface area contributed by atoms with Crippen molar-refractivity contribution in [3.8, 4) is 22.6 Å². The Kier molecular flexibility index (Phi) is 7.25. The third kappa shape index (κ3) is 5.17. The van der Waals surface area contributed by atoms with Crippen molar-refractivity contribution >= 4 is 5.91 Å². The average Bonchev–Trinajstić information content (AvgIpc) is 3.28. The first-order valence-electron chi connectivity index (χ1n) is 13.7. The van der Waals surface area contributed by atoms with Gasteiger partial charge in [0.25, 0.3) is 17.3 Å². The Morgan fingerprint density at radius 3 is 2.49 bits per heavy atom. The van der Waals surface area contributed by atoms with Crippen LogP contribution in [-0.2, 0) is 6.54 Å². The van der Waals surface area contributed by atoms with Crippen molar-refractivity contribution < 1.29 is 14.3 Å². The molecule has 0 radical (unpaired) electrons. The molecule has 8 nitrogen and oxygen atoms in total. The number of rotatable bonds is 6. The van der Waals surface area contributed by atoms with Crippen LogP contribution in [0.15, 0.2) is 41.5 Å². The number of aryl methyl sites for hydroxylation is 2. The lowest BCUT2D eigenvalue weighted by atomic mass is 9.81. The number of nitrogens with one attached hydrogen (secondary N) is 2. The Morgan fingerprint density at radius 2 is 1.85 bits per heavy atom. The zero-order valence-corrected chi connectivity index (χ0v) is 23.7. The number of ether oxygens (including phenoxy) is 2. The van der Waals surface area contributed by atoms with Gasteiger partial charge in [-0.2, -0.15) is 0 Å². The van der Waals surface area contributed by atoms with Crippen molar-refractivity contribution in [3.63, 3.8) is 0 Å². The highest BCUT2D eigenvalue weighted by atomic mass is 16.7. The molecule has 1 unspecified atom stereocenters. The van der Waals surface area contributed by atoms with Crippen LogP contribution in [0.1, 0.15) is 65.3 Å². The van der Waals surface area contributed by atoms with Gasteiger partial charge in [0.15, 0.2) is 11.5 Å². The molecule has 8 heteroatoms. The van der Waals surface area contributed by atoms with Crippen LogP contribution >= 0.6 is 0 Å². The summed E-state index contributed by atoms with van der Waals surface area (Å²) in [6.45, 7) is 7.76. The van der Waals surface area contributed by atoms with Crippen molar-refractivity contribution in [2.24, 2.45) is 5.92 Å². The van der Waals surface area contributed by atoms with Gasteiger partial charge in [-0.25, -0.2) is 0 Å². The fourth-order valence-electron chi connectivity index (χ4n) is 6.00. The molecule has 206 valence electrons. The molecule has 0 spiro atoms. The molecule has 39 heavy (non-hydrogen) atoms. The molecule has 1 fully saturated rings. The van der Waals surface area contributed by atoms with E-state index in [4.69, 9.17) is 9.47 Å². The largest absolute Gasteiger partial charge is 0.448 e. The fraction of sp³-hybridized carbons (Fsp3) is 0.452. The molecule has 0 saturated heterocycles. The topological polar surface area (TPSA) is 96.5 Å². The monoisotopic (exact) mass is 530 g/mol. The number of carbonyl (C=O) groups is 1. The van der Waals surface area contributed by atoms with Gasteiger partial charge in [0.2, 0.25) is 0 Å². The number of H-pyrrole nitrogens is 1. The Bertz CT molecular complexity index is 1440. The maximum absolute atomic E-state index is 13.5. The maximum atomic E-state index is 13.5. The predicted molar refractivity (Wildman–Crippen MR) is 151 cm³/mol. The van der Waals surface area contributed by atoms with E-state index in [1.807, 2.05) is 52.0 Å². The van der Waals surface area contributed by atoms with Crippen molar-refractivity contribution in [1.82, 2.24) is 20.2 Å². The van der Waals surface area contributed by atoms with Gasteiger partial charge in [0.1, 0.15) is 0 Å². The van der Waals surface area contributed by atoms with E-state index in [2.05, 4.69) is 34.3 Å². The first-order chi connectivity index (χ1) is 18.6. The lowest BCUT2D eigenvalue weighted by Gasteiger charge is -2.39. The number of aromatic amines is 1. The number of amides is 1. The summed E-state index contributed by atoms with van der Waals surface area (Å²) < 4.78 is 13.3. The van der Waals surface area contributed by atoms with Crippen LogP contribution in [0.2, 0.25) is 0 Å². The van der Waals surface area contributed by atoms with Crippen molar-refractivity contribution in [1.29, 1.82) is 0 Å². The summed E-state index contributed by atoms with van der Waals surface area (Å²) in [5.41, 5.74) is 4.80. The van der Waals surface area contributed by atoms with E-state index in [0.717, 1.165) is 53.6 Å². The van der Waals surface area contributed by atoms with E-state index < -0.39 is 5.79 Å². The molecule has 5 rings (SSSR count). The van der Waals surface area contributed by atoms with Crippen molar-refractivity contribution in [2.75, 3.05) is 14.1 Å². The number of nitrogens with zero attached hydrogens (tertiary/aromatic N) is 2. The van der Waals surface area contributed by atoms with Crippen molar-refractivity contribution in [2.45, 2.75) is 71.8 Å². The number of hydrogen-bond acceptors (Lipinski definition) is 6. The first-order valence-corrected chi connectivity index (χ1v) is 13.7. The number of pyridine rings is 2. The van der Waals surface area contributed by atoms with Crippen LogP contribution in [0.3, 0.4) is 0 Å².